The second-order valence-electron chi connectivity index (χ2n) is 5.61. The Morgan fingerprint density at radius 3 is 2.86 bits per heavy atom. The van der Waals surface area contributed by atoms with E-state index < -0.39 is 11.3 Å². The lowest BCUT2D eigenvalue weighted by atomic mass is 10.0. The van der Waals surface area contributed by atoms with Gasteiger partial charge < -0.3 is 5.32 Å². The summed E-state index contributed by atoms with van der Waals surface area (Å²) in [6, 6.07) is 4.18. The number of non-ortho nitro benzene ring substituents is 1. The van der Waals surface area contributed by atoms with Gasteiger partial charge >= 0.3 is 0 Å². The van der Waals surface area contributed by atoms with Crippen molar-refractivity contribution in [1.82, 2.24) is 4.90 Å². The van der Waals surface area contributed by atoms with Crippen LogP contribution in [0.15, 0.2) is 18.2 Å². The number of hydrogen-bond donors (Lipinski definition) is 1. The molecule has 1 N–H and O–H groups in total. The Hall–Kier alpha value is -1.76. The molecule has 3 rings (SSSR count). The van der Waals surface area contributed by atoms with Crippen molar-refractivity contribution in [2.75, 3.05) is 18.4 Å². The number of anilines is 1. The van der Waals surface area contributed by atoms with Crippen LogP contribution in [-0.2, 0) is 0 Å². The van der Waals surface area contributed by atoms with Crippen LogP contribution in [0.4, 0.5) is 20.2 Å². The monoisotopic (exact) mass is 297 g/mol. The van der Waals surface area contributed by atoms with Crippen molar-refractivity contribution < 1.29 is 13.7 Å². The summed E-state index contributed by atoms with van der Waals surface area (Å²) in [5.74, 6) is 0. The largest absolute Gasteiger partial charge is 0.380 e. The van der Waals surface area contributed by atoms with Gasteiger partial charge in [0.05, 0.1) is 4.92 Å². The lowest BCUT2D eigenvalue weighted by Gasteiger charge is -2.23. The molecule has 2 unspecified atom stereocenters. The molecule has 0 radical (unpaired) electrons. The molecule has 2 saturated heterocycles. The van der Waals surface area contributed by atoms with Crippen LogP contribution in [0.1, 0.15) is 31.3 Å². The number of nitrogens with zero attached hydrogens (tertiary/aromatic N) is 2. The van der Waals surface area contributed by atoms with E-state index in [0.29, 0.717) is 11.7 Å². The van der Waals surface area contributed by atoms with Crippen molar-refractivity contribution in [3.63, 3.8) is 0 Å². The summed E-state index contributed by atoms with van der Waals surface area (Å²) in [7, 11) is 0. The minimum absolute atomic E-state index is 0.145. The number of rotatable bonds is 4. The lowest BCUT2D eigenvalue weighted by molar-refractivity contribution is -0.385. The Morgan fingerprint density at radius 2 is 2.14 bits per heavy atom. The van der Waals surface area contributed by atoms with E-state index >= 15 is 0 Å². The molecule has 1 aromatic carbocycles. The fourth-order valence-corrected chi connectivity index (χ4v) is 3.43. The summed E-state index contributed by atoms with van der Waals surface area (Å²) in [4.78, 5) is 12.4. The maximum Gasteiger partial charge on any atom is 0.270 e. The van der Waals surface area contributed by atoms with Crippen LogP contribution in [0.2, 0.25) is 0 Å². The average Bonchev–Trinajstić information content (AvgIpc) is 3.03. The highest BCUT2D eigenvalue weighted by molar-refractivity contribution is 5.57. The quantitative estimate of drug-likeness (QED) is 0.685. The molecule has 5 nitrogen and oxygen atoms in total. The summed E-state index contributed by atoms with van der Waals surface area (Å²) in [6.45, 7) is 2.06. The highest BCUT2D eigenvalue weighted by Gasteiger charge is 2.37. The predicted molar refractivity (Wildman–Crippen MR) is 74.7 cm³/mol. The van der Waals surface area contributed by atoms with Gasteiger partial charge in [-0.15, -0.1) is 0 Å². The van der Waals surface area contributed by atoms with Gasteiger partial charge in [-0.05, 0) is 31.9 Å². The molecule has 0 spiro atoms. The molecule has 1 aromatic rings. The second kappa shape index (κ2) is 5.55. The zero-order valence-electron chi connectivity index (χ0n) is 11.5. The maximum atomic E-state index is 13.1. The molecule has 0 amide bonds. The average molecular weight is 297 g/mol. The molecular weight excluding hydrogens is 280 g/mol. The smallest absolute Gasteiger partial charge is 0.270 e. The number of fused-ring (bicyclic) bond motifs is 1. The highest BCUT2D eigenvalue weighted by Crippen LogP contribution is 2.35. The molecule has 114 valence electrons. The molecule has 2 aliphatic rings. The van der Waals surface area contributed by atoms with E-state index in [4.69, 9.17) is 0 Å². The third kappa shape index (κ3) is 2.70. The summed E-state index contributed by atoms with van der Waals surface area (Å²) in [5, 5.41) is 13.9. The van der Waals surface area contributed by atoms with Crippen molar-refractivity contribution in [2.24, 2.45) is 0 Å². The number of alkyl halides is 2. The molecule has 2 fully saturated rings. The predicted octanol–water partition coefficient (Wildman–Crippen LogP) is 3.18. The summed E-state index contributed by atoms with van der Waals surface area (Å²) >= 11 is 0. The molecule has 0 aromatic heterocycles. The Labute approximate surface area is 121 Å². The molecule has 2 atom stereocenters. The summed E-state index contributed by atoms with van der Waals surface area (Å²) in [5.41, 5.74) is -0.278. The topological polar surface area (TPSA) is 58.4 Å². The molecule has 2 aliphatic heterocycles. The SMILES string of the molecule is O=[N+]([O-])c1ccc(NC2CCN3CCCC23)c(C(F)F)c1. The van der Waals surface area contributed by atoms with Crippen LogP contribution < -0.4 is 5.32 Å². The van der Waals surface area contributed by atoms with Crippen LogP contribution in [0.3, 0.4) is 0 Å². The van der Waals surface area contributed by atoms with Gasteiger partial charge in [0.2, 0.25) is 0 Å². The van der Waals surface area contributed by atoms with E-state index in [1.165, 1.54) is 12.1 Å². The van der Waals surface area contributed by atoms with Crippen LogP contribution in [0, 0.1) is 10.1 Å². The number of nitro groups is 1. The van der Waals surface area contributed by atoms with E-state index in [9.17, 15) is 18.9 Å². The van der Waals surface area contributed by atoms with Crippen LogP contribution in [0.5, 0.6) is 0 Å². The van der Waals surface area contributed by atoms with Crippen molar-refractivity contribution >= 4 is 11.4 Å². The third-order valence-corrected chi connectivity index (χ3v) is 4.43. The van der Waals surface area contributed by atoms with Gasteiger partial charge in [0.15, 0.2) is 0 Å². The minimum atomic E-state index is -2.73. The van der Waals surface area contributed by atoms with Gasteiger partial charge in [-0.2, -0.15) is 0 Å². The number of hydrogen-bond acceptors (Lipinski definition) is 4. The molecule has 0 aliphatic carbocycles. The van der Waals surface area contributed by atoms with E-state index in [-0.39, 0.29) is 17.3 Å². The first kappa shape index (κ1) is 14.2. The lowest BCUT2D eigenvalue weighted by Crippen LogP contribution is -2.34. The standard InChI is InChI=1S/C14H17F2N3O2/c15-14(16)10-8-9(19(20)21)3-4-11(10)17-12-5-7-18-6-1-2-13(12)18/h3-4,8,12-14,17H,1-2,5-7H2. The van der Waals surface area contributed by atoms with Crippen molar-refractivity contribution in [3.8, 4) is 0 Å². The molecule has 2 heterocycles. The minimum Gasteiger partial charge on any atom is -0.380 e. The van der Waals surface area contributed by atoms with E-state index in [1.807, 2.05) is 0 Å². The van der Waals surface area contributed by atoms with Crippen molar-refractivity contribution in [2.45, 2.75) is 37.8 Å². The van der Waals surface area contributed by atoms with Crippen LogP contribution in [0.25, 0.3) is 0 Å². The van der Waals surface area contributed by atoms with Gasteiger partial charge in [0.1, 0.15) is 0 Å². The highest BCUT2D eigenvalue weighted by atomic mass is 19.3. The molecule has 7 heteroatoms. The van der Waals surface area contributed by atoms with Gasteiger partial charge in [0.25, 0.3) is 12.1 Å². The van der Waals surface area contributed by atoms with Gasteiger partial charge in [0, 0.05) is 42.0 Å². The molecule has 21 heavy (non-hydrogen) atoms. The Morgan fingerprint density at radius 1 is 1.33 bits per heavy atom. The van der Waals surface area contributed by atoms with Crippen molar-refractivity contribution in [1.29, 1.82) is 0 Å². The number of nitro benzene ring substituents is 1. The first-order valence-corrected chi connectivity index (χ1v) is 7.13. The number of nitrogens with one attached hydrogen (secondary N) is 1. The molecule has 0 bridgehead atoms. The Bertz CT molecular complexity index is 553. The third-order valence-electron chi connectivity index (χ3n) is 4.43. The maximum absolute atomic E-state index is 13.1. The number of benzene rings is 1. The van der Waals surface area contributed by atoms with Crippen LogP contribution >= 0.6 is 0 Å². The van der Waals surface area contributed by atoms with Gasteiger partial charge in [-0.25, -0.2) is 8.78 Å². The number of halogens is 2. The van der Waals surface area contributed by atoms with Crippen LogP contribution in [-0.4, -0.2) is 35.0 Å². The van der Waals surface area contributed by atoms with E-state index in [0.717, 1.165) is 38.4 Å². The van der Waals surface area contributed by atoms with Gasteiger partial charge in [-0.3, -0.25) is 15.0 Å². The van der Waals surface area contributed by atoms with Gasteiger partial charge in [-0.1, -0.05) is 0 Å². The molecule has 0 saturated carbocycles. The first-order chi connectivity index (χ1) is 10.1. The Kier molecular flexibility index (Phi) is 3.75. The van der Waals surface area contributed by atoms with E-state index in [1.54, 1.807) is 0 Å². The normalized spacial score (nSPS) is 25.3. The summed E-state index contributed by atoms with van der Waals surface area (Å²) in [6.07, 6.45) is 0.414. The second-order valence-corrected chi connectivity index (χ2v) is 5.61. The Balaban J connectivity index is 1.83. The van der Waals surface area contributed by atoms with Crippen molar-refractivity contribution in [3.05, 3.63) is 33.9 Å². The summed E-state index contributed by atoms with van der Waals surface area (Å²) < 4.78 is 26.3. The first-order valence-electron chi connectivity index (χ1n) is 7.13. The van der Waals surface area contributed by atoms with E-state index in [2.05, 4.69) is 10.2 Å². The fourth-order valence-electron chi connectivity index (χ4n) is 3.43. The zero-order valence-corrected chi connectivity index (χ0v) is 11.5. The molecular formula is C14H17F2N3O2. The zero-order chi connectivity index (χ0) is 15.0. The fraction of sp³-hybridized carbons (Fsp3) is 0.571.